The van der Waals surface area contributed by atoms with Crippen molar-refractivity contribution in [3.63, 3.8) is 0 Å². The number of nitrogens with two attached hydrogens (primary N) is 1. The first kappa shape index (κ1) is 23.8. The van der Waals surface area contributed by atoms with Crippen LogP contribution in [0, 0.1) is 5.82 Å². The summed E-state index contributed by atoms with van der Waals surface area (Å²) in [5, 5.41) is 0. The lowest BCUT2D eigenvalue weighted by molar-refractivity contribution is -0.184. The average Bonchev–Trinajstić information content (AvgIpc) is 2.70. The Morgan fingerprint density at radius 2 is 1.90 bits per heavy atom. The number of ether oxygens (including phenoxy) is 2. The third-order valence-corrected chi connectivity index (χ3v) is 4.23. The highest BCUT2D eigenvalue weighted by molar-refractivity contribution is 5.75. The number of nitrogens with zero attached hydrogens (tertiary/aromatic N) is 2. The molecule has 31 heavy (non-hydrogen) atoms. The molecule has 2 aromatic carbocycles. The normalized spacial score (nSPS) is 15.3. The standard InChI is InChI=1S/C17H14F4N2O3.C3H7NO/c1-25-10-5-6-11-13(7-10)26-16(24)23(15(11)17(19,20)21)8-9-3-2-4-12(22)14(9)18;1-4(2)3-5/h2-7,15H,8,22H2,1H3;3H,1-2H3. The molecule has 2 N–H and O–H groups in total. The van der Waals surface area contributed by atoms with E-state index in [2.05, 4.69) is 0 Å². The number of benzene rings is 2. The van der Waals surface area contributed by atoms with Crippen LogP contribution in [0.4, 0.5) is 28.0 Å². The second kappa shape index (κ2) is 9.54. The molecule has 0 fully saturated rings. The third kappa shape index (κ3) is 5.56. The molecule has 2 amide bonds. The fraction of sp³-hybridized carbons (Fsp3) is 0.300. The van der Waals surface area contributed by atoms with E-state index >= 15 is 0 Å². The van der Waals surface area contributed by atoms with Crippen LogP contribution < -0.4 is 15.2 Å². The summed E-state index contributed by atoms with van der Waals surface area (Å²) in [7, 11) is 4.71. The molecule has 0 bridgehead atoms. The van der Waals surface area contributed by atoms with Gasteiger partial charge in [-0.15, -0.1) is 0 Å². The van der Waals surface area contributed by atoms with Crippen molar-refractivity contribution < 1.29 is 36.6 Å². The molecule has 0 spiro atoms. The van der Waals surface area contributed by atoms with Crippen LogP contribution in [-0.2, 0) is 11.3 Å². The molecule has 0 saturated heterocycles. The molecule has 1 aliphatic heterocycles. The van der Waals surface area contributed by atoms with Crippen LogP contribution in [0.2, 0.25) is 0 Å². The lowest BCUT2D eigenvalue weighted by atomic mass is 10.0. The molecular formula is C20H21F4N3O4. The third-order valence-electron chi connectivity index (χ3n) is 4.23. The van der Waals surface area contributed by atoms with Gasteiger partial charge in [-0.25, -0.2) is 9.18 Å². The minimum Gasteiger partial charge on any atom is -0.497 e. The number of alkyl halides is 3. The Morgan fingerprint density at radius 3 is 2.45 bits per heavy atom. The van der Waals surface area contributed by atoms with Crippen molar-refractivity contribution in [1.82, 2.24) is 9.80 Å². The number of hydrogen-bond donors (Lipinski definition) is 1. The van der Waals surface area contributed by atoms with Crippen LogP contribution in [0.3, 0.4) is 0 Å². The second-order valence-corrected chi connectivity index (χ2v) is 6.73. The number of halogens is 4. The van der Waals surface area contributed by atoms with Crippen molar-refractivity contribution in [3.8, 4) is 11.5 Å². The van der Waals surface area contributed by atoms with Crippen molar-refractivity contribution in [2.75, 3.05) is 26.9 Å². The zero-order chi connectivity index (χ0) is 23.3. The Hall–Kier alpha value is -3.50. The van der Waals surface area contributed by atoms with Crippen molar-refractivity contribution in [2.45, 2.75) is 18.8 Å². The van der Waals surface area contributed by atoms with E-state index in [-0.39, 0.29) is 28.3 Å². The van der Waals surface area contributed by atoms with Crippen LogP contribution in [0.15, 0.2) is 36.4 Å². The van der Waals surface area contributed by atoms with Gasteiger partial charge < -0.3 is 20.1 Å². The molecule has 1 unspecified atom stereocenters. The van der Waals surface area contributed by atoms with Crippen molar-refractivity contribution in [2.24, 2.45) is 0 Å². The molecule has 168 valence electrons. The Morgan fingerprint density at radius 1 is 1.26 bits per heavy atom. The number of methoxy groups -OCH3 is 1. The van der Waals surface area contributed by atoms with Gasteiger partial charge in [-0.2, -0.15) is 13.2 Å². The SMILES string of the molecule is CN(C)C=O.COc1ccc2c(c1)OC(=O)N(Cc1cccc(N)c1F)C2C(F)(F)F. The van der Waals surface area contributed by atoms with Gasteiger partial charge >= 0.3 is 12.3 Å². The monoisotopic (exact) mass is 443 g/mol. The summed E-state index contributed by atoms with van der Waals surface area (Å²) in [6.45, 7) is -0.647. The molecular weight excluding hydrogens is 422 g/mol. The number of anilines is 1. The first-order valence-corrected chi connectivity index (χ1v) is 8.87. The van der Waals surface area contributed by atoms with Crippen LogP contribution in [0.1, 0.15) is 17.2 Å². The molecule has 1 atom stereocenters. The van der Waals surface area contributed by atoms with Gasteiger partial charge in [-0.3, -0.25) is 9.69 Å². The van der Waals surface area contributed by atoms with E-state index in [1.54, 1.807) is 14.1 Å². The minimum atomic E-state index is -4.79. The Balaban J connectivity index is 0.000000614. The van der Waals surface area contributed by atoms with E-state index in [1.165, 1.54) is 48.4 Å². The summed E-state index contributed by atoms with van der Waals surface area (Å²) >= 11 is 0. The topological polar surface area (TPSA) is 85.1 Å². The van der Waals surface area contributed by atoms with E-state index in [9.17, 15) is 27.2 Å². The molecule has 2 aromatic rings. The van der Waals surface area contributed by atoms with Crippen molar-refractivity contribution >= 4 is 18.2 Å². The predicted molar refractivity (Wildman–Crippen MR) is 104 cm³/mol. The highest BCUT2D eigenvalue weighted by Gasteiger charge is 2.51. The molecule has 1 aliphatic rings. The molecule has 11 heteroatoms. The van der Waals surface area contributed by atoms with Crippen LogP contribution in [0.5, 0.6) is 11.5 Å². The van der Waals surface area contributed by atoms with Crippen LogP contribution in [-0.4, -0.2) is 49.7 Å². The van der Waals surface area contributed by atoms with Gasteiger partial charge in [-0.1, -0.05) is 12.1 Å². The number of amides is 2. The van der Waals surface area contributed by atoms with Crippen molar-refractivity contribution in [3.05, 3.63) is 53.3 Å². The minimum absolute atomic E-state index is 0.145. The summed E-state index contributed by atoms with van der Waals surface area (Å²) in [5.41, 5.74) is 4.82. The molecule has 7 nitrogen and oxygen atoms in total. The summed E-state index contributed by atoms with van der Waals surface area (Å²) in [5.74, 6) is -0.879. The van der Waals surface area contributed by atoms with Gasteiger partial charge in [0, 0.05) is 31.3 Å². The summed E-state index contributed by atoms with van der Waals surface area (Å²) < 4.78 is 65.2. The highest BCUT2D eigenvalue weighted by Crippen LogP contribution is 2.46. The van der Waals surface area contributed by atoms with Gasteiger partial charge in [0.15, 0.2) is 11.9 Å². The maximum Gasteiger partial charge on any atom is 0.416 e. The maximum atomic E-state index is 14.1. The van der Waals surface area contributed by atoms with Gasteiger partial charge in [0.2, 0.25) is 6.41 Å². The predicted octanol–water partition coefficient (Wildman–Crippen LogP) is 3.74. The Bertz CT molecular complexity index is 951. The number of rotatable bonds is 4. The first-order valence-electron chi connectivity index (χ1n) is 8.87. The molecule has 1 heterocycles. The zero-order valence-electron chi connectivity index (χ0n) is 16.9. The van der Waals surface area contributed by atoms with Gasteiger partial charge in [0.05, 0.1) is 19.3 Å². The second-order valence-electron chi connectivity index (χ2n) is 6.73. The van der Waals surface area contributed by atoms with E-state index in [1.807, 2.05) is 0 Å². The molecule has 0 aromatic heterocycles. The first-order chi connectivity index (χ1) is 14.5. The molecule has 0 saturated carbocycles. The largest absolute Gasteiger partial charge is 0.497 e. The number of fused-ring (bicyclic) bond motifs is 1. The lowest BCUT2D eigenvalue weighted by Crippen LogP contribution is -2.46. The highest BCUT2D eigenvalue weighted by atomic mass is 19.4. The van der Waals surface area contributed by atoms with Crippen LogP contribution >= 0.6 is 0 Å². The van der Waals surface area contributed by atoms with Gasteiger partial charge in [0.25, 0.3) is 0 Å². The summed E-state index contributed by atoms with van der Waals surface area (Å²) in [6.07, 6.45) is -5.28. The lowest BCUT2D eigenvalue weighted by Gasteiger charge is -2.37. The summed E-state index contributed by atoms with van der Waals surface area (Å²) in [6, 6.07) is 5.34. The quantitative estimate of drug-likeness (QED) is 0.442. The molecule has 3 rings (SSSR count). The van der Waals surface area contributed by atoms with Gasteiger partial charge in [-0.05, 0) is 18.2 Å². The van der Waals surface area contributed by atoms with E-state index < -0.39 is 30.7 Å². The Kier molecular flexibility index (Phi) is 7.32. The van der Waals surface area contributed by atoms with E-state index in [4.69, 9.17) is 15.2 Å². The average molecular weight is 443 g/mol. The fourth-order valence-electron chi connectivity index (χ4n) is 2.80. The summed E-state index contributed by atoms with van der Waals surface area (Å²) in [4.78, 5) is 23.5. The fourth-order valence-corrected chi connectivity index (χ4v) is 2.80. The number of carbonyl (C=O) groups is 2. The smallest absolute Gasteiger partial charge is 0.416 e. The van der Waals surface area contributed by atoms with E-state index in [0.29, 0.717) is 4.90 Å². The number of nitrogen functional groups attached to an aromatic ring is 1. The maximum absolute atomic E-state index is 14.1. The van der Waals surface area contributed by atoms with Crippen molar-refractivity contribution in [1.29, 1.82) is 0 Å². The number of carbonyl (C=O) groups excluding carboxylic acids is 2. The van der Waals surface area contributed by atoms with Gasteiger partial charge in [0.1, 0.15) is 11.5 Å². The zero-order valence-corrected chi connectivity index (χ0v) is 16.9. The molecule has 0 aliphatic carbocycles. The number of hydrogen-bond acceptors (Lipinski definition) is 5. The van der Waals surface area contributed by atoms with Crippen LogP contribution in [0.25, 0.3) is 0 Å². The Labute approximate surface area is 175 Å². The molecule has 0 radical (unpaired) electrons. The van der Waals surface area contributed by atoms with E-state index in [0.717, 1.165) is 6.41 Å².